The molecule has 2 unspecified atom stereocenters. The molecule has 1 aromatic carbocycles. The van der Waals surface area contributed by atoms with Gasteiger partial charge in [0.2, 0.25) is 0 Å². The summed E-state index contributed by atoms with van der Waals surface area (Å²) >= 11 is 1.41. The van der Waals surface area contributed by atoms with Gasteiger partial charge in [-0.25, -0.2) is 14.0 Å². The number of hydrogen-bond acceptors (Lipinski definition) is 3. The van der Waals surface area contributed by atoms with Gasteiger partial charge in [-0.1, -0.05) is 6.07 Å². The van der Waals surface area contributed by atoms with Gasteiger partial charge < -0.3 is 5.11 Å². The Balaban J connectivity index is 2.23. The molecule has 0 radical (unpaired) electrons. The molecule has 1 heterocycles. The van der Waals surface area contributed by atoms with Gasteiger partial charge in [0, 0.05) is 18.5 Å². The number of carbonyl (C=O) groups excluding carboxylic acids is 1. The molecule has 1 saturated heterocycles. The number of urea groups is 1. The largest absolute Gasteiger partial charge is 0.480 e. The minimum absolute atomic E-state index is 0.223. The van der Waals surface area contributed by atoms with Gasteiger partial charge in [0.1, 0.15) is 11.9 Å². The maximum Gasteiger partial charge on any atom is 0.327 e. The number of amides is 2. The smallest absolute Gasteiger partial charge is 0.327 e. The van der Waals surface area contributed by atoms with Crippen molar-refractivity contribution in [2.45, 2.75) is 18.3 Å². The summed E-state index contributed by atoms with van der Waals surface area (Å²) in [6.07, 6.45) is 0. The van der Waals surface area contributed by atoms with Gasteiger partial charge >= 0.3 is 12.0 Å². The first-order chi connectivity index (χ1) is 9.41. The van der Waals surface area contributed by atoms with Crippen LogP contribution >= 0.6 is 11.8 Å². The lowest BCUT2D eigenvalue weighted by Crippen LogP contribution is -2.50. The Morgan fingerprint density at radius 2 is 2.20 bits per heavy atom. The lowest BCUT2D eigenvalue weighted by molar-refractivity contribution is -0.141. The fourth-order valence-corrected chi connectivity index (χ4v) is 3.25. The maximum absolute atomic E-state index is 13.2. The van der Waals surface area contributed by atoms with E-state index in [1.165, 1.54) is 46.8 Å². The SMILES string of the molecule is CC1SCC(C(=O)O)N1C(=O)N(C)c1cccc(F)c1. The summed E-state index contributed by atoms with van der Waals surface area (Å²) in [4.78, 5) is 26.2. The average molecular weight is 298 g/mol. The summed E-state index contributed by atoms with van der Waals surface area (Å²) in [6, 6.07) is 4.34. The van der Waals surface area contributed by atoms with Crippen molar-refractivity contribution in [3.63, 3.8) is 0 Å². The number of aliphatic carboxylic acids is 1. The Labute approximate surface area is 120 Å². The van der Waals surface area contributed by atoms with Gasteiger partial charge in [-0.2, -0.15) is 0 Å². The van der Waals surface area contributed by atoms with Crippen LogP contribution in [0.25, 0.3) is 0 Å². The zero-order valence-corrected chi connectivity index (χ0v) is 11.9. The molecule has 2 amide bonds. The number of nitrogens with zero attached hydrogens (tertiary/aromatic N) is 2. The standard InChI is InChI=1S/C13H15FN2O3S/c1-8-16(11(7-20-8)12(17)18)13(19)15(2)10-5-3-4-9(14)6-10/h3-6,8,11H,7H2,1-2H3,(H,17,18). The molecule has 108 valence electrons. The van der Waals surface area contributed by atoms with Crippen LogP contribution in [0.4, 0.5) is 14.9 Å². The zero-order chi connectivity index (χ0) is 14.9. The molecule has 0 bridgehead atoms. The third-order valence-electron chi connectivity index (χ3n) is 3.21. The van der Waals surface area contributed by atoms with Crippen LogP contribution in [0.5, 0.6) is 0 Å². The van der Waals surface area contributed by atoms with Crippen molar-refractivity contribution in [3.05, 3.63) is 30.1 Å². The normalized spacial score (nSPS) is 21.9. The lowest BCUT2D eigenvalue weighted by Gasteiger charge is -2.30. The molecule has 1 N–H and O–H groups in total. The molecular weight excluding hydrogens is 283 g/mol. The highest BCUT2D eigenvalue weighted by Crippen LogP contribution is 2.30. The van der Waals surface area contributed by atoms with E-state index in [0.717, 1.165) is 0 Å². The van der Waals surface area contributed by atoms with Crippen molar-refractivity contribution >= 4 is 29.4 Å². The number of hydrogen-bond donors (Lipinski definition) is 1. The summed E-state index contributed by atoms with van der Waals surface area (Å²) in [7, 11) is 1.51. The third kappa shape index (κ3) is 2.72. The molecule has 2 atom stereocenters. The second-order valence-corrected chi connectivity index (χ2v) is 5.86. The first kappa shape index (κ1) is 14.6. The van der Waals surface area contributed by atoms with Gasteiger partial charge in [-0.15, -0.1) is 11.8 Å². The van der Waals surface area contributed by atoms with Crippen molar-refractivity contribution in [1.82, 2.24) is 4.90 Å². The van der Waals surface area contributed by atoms with E-state index >= 15 is 0 Å². The van der Waals surface area contributed by atoms with E-state index < -0.39 is 23.9 Å². The summed E-state index contributed by atoms with van der Waals surface area (Å²) in [5.74, 6) is -1.11. The van der Waals surface area contributed by atoms with E-state index in [2.05, 4.69) is 0 Å². The monoisotopic (exact) mass is 298 g/mol. The van der Waals surface area contributed by atoms with Gasteiger partial charge in [0.25, 0.3) is 0 Å². The average Bonchev–Trinajstić information content (AvgIpc) is 2.79. The number of benzene rings is 1. The molecule has 1 aliphatic rings. The van der Waals surface area contributed by atoms with E-state index in [-0.39, 0.29) is 5.37 Å². The number of thioether (sulfide) groups is 1. The number of carboxylic acids is 1. The maximum atomic E-state index is 13.2. The topological polar surface area (TPSA) is 60.9 Å². The fourth-order valence-electron chi connectivity index (χ4n) is 2.09. The number of halogens is 1. The molecule has 1 aromatic rings. The predicted molar refractivity (Wildman–Crippen MR) is 75.4 cm³/mol. The Kier molecular flexibility index (Phi) is 4.17. The number of carboxylic acid groups (broad SMARTS) is 1. The van der Waals surface area contributed by atoms with Crippen LogP contribution in [0.15, 0.2) is 24.3 Å². The summed E-state index contributed by atoms with van der Waals surface area (Å²) in [6.45, 7) is 1.78. The number of anilines is 1. The van der Waals surface area contributed by atoms with Gasteiger partial charge in [-0.3, -0.25) is 9.80 Å². The molecule has 5 nitrogen and oxygen atoms in total. The highest BCUT2D eigenvalue weighted by Gasteiger charge is 2.40. The molecule has 1 aliphatic heterocycles. The quantitative estimate of drug-likeness (QED) is 0.909. The summed E-state index contributed by atoms with van der Waals surface area (Å²) in [5.41, 5.74) is 0.392. The van der Waals surface area contributed by atoms with Crippen LogP contribution in [0.3, 0.4) is 0 Å². The minimum Gasteiger partial charge on any atom is -0.480 e. The van der Waals surface area contributed by atoms with Crippen LogP contribution in [0, 0.1) is 5.82 Å². The highest BCUT2D eigenvalue weighted by atomic mass is 32.2. The van der Waals surface area contributed by atoms with Gasteiger partial charge in [0.05, 0.1) is 5.37 Å². The fraction of sp³-hybridized carbons (Fsp3) is 0.385. The van der Waals surface area contributed by atoms with Crippen molar-refractivity contribution < 1.29 is 19.1 Å². The van der Waals surface area contributed by atoms with E-state index in [4.69, 9.17) is 5.11 Å². The number of carbonyl (C=O) groups is 2. The Morgan fingerprint density at radius 3 is 2.80 bits per heavy atom. The van der Waals surface area contributed by atoms with Crippen LogP contribution in [-0.4, -0.2) is 46.2 Å². The molecule has 20 heavy (non-hydrogen) atoms. The summed E-state index contributed by atoms with van der Waals surface area (Å²) in [5, 5.41) is 8.94. The van der Waals surface area contributed by atoms with Crippen LogP contribution < -0.4 is 4.90 Å². The van der Waals surface area contributed by atoms with Crippen molar-refractivity contribution in [2.75, 3.05) is 17.7 Å². The van der Waals surface area contributed by atoms with Gasteiger partial charge in [-0.05, 0) is 25.1 Å². The van der Waals surface area contributed by atoms with E-state index in [1.807, 2.05) is 0 Å². The molecule has 0 aliphatic carbocycles. The molecule has 1 fully saturated rings. The second-order valence-electron chi connectivity index (χ2n) is 4.52. The Bertz CT molecular complexity index is 540. The Morgan fingerprint density at radius 1 is 1.50 bits per heavy atom. The minimum atomic E-state index is -1.03. The first-order valence-corrected chi connectivity index (χ1v) is 7.12. The van der Waals surface area contributed by atoms with Crippen molar-refractivity contribution in [3.8, 4) is 0 Å². The third-order valence-corrected chi connectivity index (χ3v) is 4.43. The van der Waals surface area contributed by atoms with Crippen LogP contribution in [0.1, 0.15) is 6.92 Å². The molecule has 0 saturated carbocycles. The van der Waals surface area contributed by atoms with Gasteiger partial charge in [0.15, 0.2) is 0 Å². The molecule has 0 spiro atoms. The lowest BCUT2D eigenvalue weighted by atomic mass is 10.2. The number of rotatable bonds is 2. The molecule has 0 aromatic heterocycles. The molecular formula is C13H15FN2O3S. The molecule has 2 rings (SSSR count). The van der Waals surface area contributed by atoms with Crippen molar-refractivity contribution in [1.29, 1.82) is 0 Å². The van der Waals surface area contributed by atoms with E-state index in [1.54, 1.807) is 13.0 Å². The van der Waals surface area contributed by atoms with Crippen LogP contribution in [-0.2, 0) is 4.79 Å². The van der Waals surface area contributed by atoms with E-state index in [9.17, 15) is 14.0 Å². The van der Waals surface area contributed by atoms with E-state index in [0.29, 0.717) is 11.4 Å². The Hall–Kier alpha value is -1.76. The second kappa shape index (κ2) is 5.70. The molecule has 7 heteroatoms. The highest BCUT2D eigenvalue weighted by molar-refractivity contribution is 8.00. The first-order valence-electron chi connectivity index (χ1n) is 6.08. The van der Waals surface area contributed by atoms with Crippen molar-refractivity contribution in [2.24, 2.45) is 0 Å². The zero-order valence-electron chi connectivity index (χ0n) is 11.1. The van der Waals surface area contributed by atoms with Crippen LogP contribution in [0.2, 0.25) is 0 Å². The summed E-state index contributed by atoms with van der Waals surface area (Å²) < 4.78 is 13.2. The predicted octanol–water partition coefficient (Wildman–Crippen LogP) is 2.23.